The maximum atomic E-state index is 12.6. The van der Waals surface area contributed by atoms with Crippen molar-refractivity contribution < 1.29 is 9.53 Å². The number of rotatable bonds is 7. The van der Waals surface area contributed by atoms with Crippen LogP contribution in [-0.4, -0.2) is 17.8 Å². The third-order valence-corrected chi connectivity index (χ3v) is 4.54. The predicted octanol–water partition coefficient (Wildman–Crippen LogP) is 5.21. The molecule has 2 rings (SSSR count). The Morgan fingerprint density at radius 1 is 1.12 bits per heavy atom. The van der Waals surface area contributed by atoms with Gasteiger partial charge < -0.3 is 10.1 Å². The van der Waals surface area contributed by atoms with E-state index in [1.165, 1.54) is 0 Å². The molecule has 0 aliphatic rings. The summed E-state index contributed by atoms with van der Waals surface area (Å²) in [6.07, 6.45) is 0.105. The van der Waals surface area contributed by atoms with Gasteiger partial charge in [0.25, 0.3) is 5.91 Å². The minimum atomic E-state index is -0.508. The summed E-state index contributed by atoms with van der Waals surface area (Å²) in [5.74, 6) is 1.59. The maximum absolute atomic E-state index is 12.6. The van der Waals surface area contributed by atoms with Crippen LogP contribution in [0.25, 0.3) is 0 Å². The highest BCUT2D eigenvalue weighted by Gasteiger charge is 2.19. The van der Waals surface area contributed by atoms with E-state index in [1.54, 1.807) is 11.8 Å². The molecule has 0 fully saturated rings. The average molecular weight is 343 g/mol. The highest BCUT2D eigenvalue weighted by atomic mass is 32.2. The lowest BCUT2D eigenvalue weighted by Crippen LogP contribution is -2.32. The Kier molecular flexibility index (Phi) is 6.73. The van der Waals surface area contributed by atoms with Gasteiger partial charge in [-0.15, -0.1) is 11.8 Å². The highest BCUT2D eigenvalue weighted by molar-refractivity contribution is 7.99. The standard InChI is InChI=1S/C20H25NO2S/c1-5-18(23-16-12-14(3)11-15(4)13-16)20(22)21-17-9-7-8-10-19(17)24-6-2/h7-13,18H,5-6H2,1-4H3,(H,21,22). The number of benzene rings is 2. The van der Waals surface area contributed by atoms with E-state index in [4.69, 9.17) is 4.74 Å². The molecule has 0 saturated heterocycles. The van der Waals surface area contributed by atoms with Crippen LogP contribution in [0.2, 0.25) is 0 Å². The van der Waals surface area contributed by atoms with Gasteiger partial charge in [0, 0.05) is 4.90 Å². The topological polar surface area (TPSA) is 38.3 Å². The summed E-state index contributed by atoms with van der Waals surface area (Å²) in [4.78, 5) is 13.7. The van der Waals surface area contributed by atoms with Crippen molar-refractivity contribution in [3.63, 3.8) is 0 Å². The van der Waals surface area contributed by atoms with Gasteiger partial charge in [-0.2, -0.15) is 0 Å². The molecule has 128 valence electrons. The summed E-state index contributed by atoms with van der Waals surface area (Å²) in [6, 6.07) is 13.9. The van der Waals surface area contributed by atoms with Gasteiger partial charge in [0.15, 0.2) is 6.10 Å². The quantitative estimate of drug-likeness (QED) is 0.701. The molecule has 1 unspecified atom stereocenters. The molecular weight excluding hydrogens is 318 g/mol. The number of aryl methyl sites for hydroxylation is 2. The van der Waals surface area contributed by atoms with Gasteiger partial charge in [-0.3, -0.25) is 4.79 Å². The van der Waals surface area contributed by atoms with Gasteiger partial charge in [0.1, 0.15) is 5.75 Å². The van der Waals surface area contributed by atoms with E-state index in [2.05, 4.69) is 18.3 Å². The Balaban J connectivity index is 2.11. The third kappa shape index (κ3) is 5.03. The summed E-state index contributed by atoms with van der Waals surface area (Å²) in [5, 5.41) is 3.01. The van der Waals surface area contributed by atoms with E-state index < -0.39 is 6.10 Å². The summed E-state index contributed by atoms with van der Waals surface area (Å²) in [6.45, 7) is 8.11. The molecule has 2 aromatic carbocycles. The fraction of sp³-hybridized carbons (Fsp3) is 0.350. The fourth-order valence-corrected chi connectivity index (χ4v) is 3.31. The Labute approximate surface area is 148 Å². The summed E-state index contributed by atoms with van der Waals surface area (Å²) >= 11 is 1.72. The van der Waals surface area contributed by atoms with Crippen molar-refractivity contribution in [1.82, 2.24) is 0 Å². The smallest absolute Gasteiger partial charge is 0.265 e. The van der Waals surface area contributed by atoms with E-state index in [1.807, 2.05) is 57.2 Å². The van der Waals surface area contributed by atoms with E-state index in [9.17, 15) is 4.79 Å². The van der Waals surface area contributed by atoms with Crippen LogP contribution in [-0.2, 0) is 4.79 Å². The Hall–Kier alpha value is -1.94. The number of hydrogen-bond donors (Lipinski definition) is 1. The first kappa shape index (κ1) is 18.4. The molecule has 24 heavy (non-hydrogen) atoms. The third-order valence-electron chi connectivity index (χ3n) is 3.58. The molecule has 0 saturated carbocycles. The number of nitrogens with one attached hydrogen (secondary N) is 1. The van der Waals surface area contributed by atoms with Crippen LogP contribution in [0.4, 0.5) is 5.69 Å². The van der Waals surface area contributed by atoms with Crippen molar-refractivity contribution in [2.45, 2.75) is 45.1 Å². The summed E-state index contributed by atoms with van der Waals surface area (Å²) < 4.78 is 5.94. The number of anilines is 1. The van der Waals surface area contributed by atoms with Crippen molar-refractivity contribution in [2.24, 2.45) is 0 Å². The second kappa shape index (κ2) is 8.78. The van der Waals surface area contributed by atoms with E-state index in [0.29, 0.717) is 6.42 Å². The van der Waals surface area contributed by atoms with Crippen molar-refractivity contribution in [1.29, 1.82) is 0 Å². The molecule has 0 aliphatic carbocycles. The molecule has 0 radical (unpaired) electrons. The number of carbonyl (C=O) groups is 1. The van der Waals surface area contributed by atoms with Crippen molar-refractivity contribution >= 4 is 23.4 Å². The zero-order valence-corrected chi connectivity index (χ0v) is 15.6. The molecule has 0 spiro atoms. The zero-order valence-electron chi connectivity index (χ0n) is 14.8. The van der Waals surface area contributed by atoms with Crippen LogP contribution < -0.4 is 10.1 Å². The largest absolute Gasteiger partial charge is 0.481 e. The average Bonchev–Trinajstić information content (AvgIpc) is 2.53. The van der Waals surface area contributed by atoms with Crippen LogP contribution in [0.1, 0.15) is 31.4 Å². The molecule has 0 aromatic heterocycles. The lowest BCUT2D eigenvalue weighted by Gasteiger charge is -2.19. The Morgan fingerprint density at radius 2 is 1.79 bits per heavy atom. The molecule has 1 atom stereocenters. The number of thioether (sulfide) groups is 1. The van der Waals surface area contributed by atoms with Gasteiger partial charge in [-0.1, -0.05) is 32.0 Å². The van der Waals surface area contributed by atoms with Gasteiger partial charge in [-0.05, 0) is 61.4 Å². The van der Waals surface area contributed by atoms with E-state index >= 15 is 0 Å². The Morgan fingerprint density at radius 3 is 2.42 bits per heavy atom. The SMILES string of the molecule is CCSc1ccccc1NC(=O)C(CC)Oc1cc(C)cc(C)c1. The molecule has 1 amide bonds. The van der Waals surface area contributed by atoms with E-state index in [-0.39, 0.29) is 5.91 Å². The van der Waals surface area contributed by atoms with E-state index in [0.717, 1.165) is 33.2 Å². The van der Waals surface area contributed by atoms with Crippen molar-refractivity contribution in [3.05, 3.63) is 53.6 Å². The lowest BCUT2D eigenvalue weighted by atomic mass is 10.1. The molecule has 0 bridgehead atoms. The zero-order chi connectivity index (χ0) is 17.5. The molecular formula is C20H25NO2S. The van der Waals surface area contributed by atoms with Gasteiger partial charge in [0.2, 0.25) is 0 Å². The van der Waals surface area contributed by atoms with Gasteiger partial charge in [0.05, 0.1) is 5.69 Å². The molecule has 3 nitrogen and oxygen atoms in total. The predicted molar refractivity (Wildman–Crippen MR) is 102 cm³/mol. The van der Waals surface area contributed by atoms with Crippen LogP contribution in [0, 0.1) is 13.8 Å². The first-order chi connectivity index (χ1) is 11.5. The lowest BCUT2D eigenvalue weighted by molar-refractivity contribution is -0.122. The van der Waals surface area contributed by atoms with Gasteiger partial charge >= 0.3 is 0 Å². The minimum Gasteiger partial charge on any atom is -0.481 e. The minimum absolute atomic E-state index is 0.110. The molecule has 1 N–H and O–H groups in total. The van der Waals surface area contributed by atoms with Crippen LogP contribution in [0.5, 0.6) is 5.75 Å². The van der Waals surface area contributed by atoms with Crippen molar-refractivity contribution in [3.8, 4) is 5.75 Å². The second-order valence-corrected chi connectivity index (χ2v) is 7.06. The molecule has 2 aromatic rings. The fourth-order valence-electron chi connectivity index (χ4n) is 2.55. The maximum Gasteiger partial charge on any atom is 0.265 e. The monoisotopic (exact) mass is 343 g/mol. The second-order valence-electron chi connectivity index (χ2n) is 5.76. The van der Waals surface area contributed by atoms with Crippen LogP contribution in [0.15, 0.2) is 47.4 Å². The normalized spacial score (nSPS) is 11.8. The van der Waals surface area contributed by atoms with Crippen molar-refractivity contribution in [2.75, 3.05) is 11.1 Å². The van der Waals surface area contributed by atoms with Gasteiger partial charge in [-0.25, -0.2) is 0 Å². The number of ether oxygens (including phenoxy) is 1. The highest BCUT2D eigenvalue weighted by Crippen LogP contribution is 2.27. The number of carbonyl (C=O) groups excluding carboxylic acids is 1. The summed E-state index contributed by atoms with van der Waals surface area (Å²) in [7, 11) is 0. The molecule has 4 heteroatoms. The molecule has 0 heterocycles. The van der Waals surface area contributed by atoms with Crippen LogP contribution >= 0.6 is 11.8 Å². The first-order valence-corrected chi connectivity index (χ1v) is 9.29. The Bertz CT molecular complexity index is 680. The summed E-state index contributed by atoms with van der Waals surface area (Å²) in [5.41, 5.74) is 3.10. The van der Waals surface area contributed by atoms with Crippen LogP contribution in [0.3, 0.4) is 0 Å². The first-order valence-electron chi connectivity index (χ1n) is 8.31. The molecule has 0 aliphatic heterocycles. The number of amides is 1. The number of hydrogen-bond acceptors (Lipinski definition) is 3. The number of para-hydroxylation sites is 1.